The van der Waals surface area contributed by atoms with Crippen molar-refractivity contribution < 1.29 is 19.1 Å². The van der Waals surface area contributed by atoms with E-state index in [0.29, 0.717) is 19.3 Å². The van der Waals surface area contributed by atoms with E-state index in [1.54, 1.807) is 0 Å². The molecule has 0 aromatic carbocycles. The molecule has 2 atom stereocenters. The summed E-state index contributed by atoms with van der Waals surface area (Å²) < 4.78 is 10.5. The van der Waals surface area contributed by atoms with Gasteiger partial charge in [-0.1, -0.05) is 40.0 Å². The van der Waals surface area contributed by atoms with E-state index < -0.39 is 28.7 Å². The Morgan fingerprint density at radius 3 is 1.57 bits per heavy atom. The van der Waals surface area contributed by atoms with Gasteiger partial charge in [-0.15, -0.1) is 0 Å². The van der Waals surface area contributed by atoms with Crippen LogP contribution < -0.4 is 0 Å². The summed E-state index contributed by atoms with van der Waals surface area (Å²) in [6.07, 6.45) is 4.40. The van der Waals surface area contributed by atoms with Crippen molar-refractivity contribution in [1.82, 2.24) is 0 Å². The van der Waals surface area contributed by atoms with Crippen LogP contribution in [0.2, 0.25) is 0 Å². The molecule has 0 aliphatic carbocycles. The van der Waals surface area contributed by atoms with E-state index in [0.717, 1.165) is 25.7 Å². The molecule has 0 saturated heterocycles. The fraction of sp³-hybridized carbons (Fsp3) is 0.867. The summed E-state index contributed by atoms with van der Waals surface area (Å²) in [6.45, 7) is 5.97. The number of hydrogen-bond donors (Lipinski definition) is 2. The van der Waals surface area contributed by atoms with Crippen LogP contribution >= 0.6 is 25.3 Å². The quantitative estimate of drug-likeness (QED) is 0.342. The maximum atomic E-state index is 11.9. The van der Waals surface area contributed by atoms with Crippen molar-refractivity contribution in [2.24, 2.45) is 0 Å². The number of thiol groups is 2. The largest absolute Gasteiger partial charge is 0.424 e. The molecule has 0 rings (SSSR count). The molecule has 124 valence electrons. The lowest BCUT2D eigenvalue weighted by atomic mass is 10.2. The van der Waals surface area contributed by atoms with Crippen molar-refractivity contribution in [3.63, 3.8) is 0 Å². The molecule has 0 radical (unpaired) electrons. The molecule has 0 spiro atoms. The van der Waals surface area contributed by atoms with Crippen molar-refractivity contribution in [2.45, 2.75) is 82.5 Å². The Hall–Kier alpha value is -0.360. The Bertz CT molecular complexity index is 284. The predicted octanol–water partition coefficient (Wildman–Crippen LogP) is 3.79. The molecular weight excluding hydrogens is 308 g/mol. The van der Waals surface area contributed by atoms with Crippen molar-refractivity contribution in [3.8, 4) is 0 Å². The van der Waals surface area contributed by atoms with E-state index >= 15 is 0 Å². The molecule has 4 nitrogen and oxygen atoms in total. The monoisotopic (exact) mass is 336 g/mol. The van der Waals surface area contributed by atoms with E-state index in [-0.39, 0.29) is 0 Å². The van der Waals surface area contributed by atoms with Gasteiger partial charge in [-0.25, -0.2) is 0 Å². The van der Waals surface area contributed by atoms with Gasteiger partial charge in [-0.2, -0.15) is 25.3 Å². The molecule has 0 heterocycles. The number of esters is 2. The summed E-state index contributed by atoms with van der Waals surface area (Å²) in [4.78, 5) is 23.7. The highest BCUT2D eigenvalue weighted by atomic mass is 32.1. The first kappa shape index (κ1) is 20.6. The smallest absolute Gasteiger partial charge is 0.321 e. The van der Waals surface area contributed by atoms with Gasteiger partial charge >= 0.3 is 11.9 Å². The van der Waals surface area contributed by atoms with Crippen LogP contribution in [0.25, 0.3) is 0 Å². The molecule has 0 amide bonds. The van der Waals surface area contributed by atoms with Gasteiger partial charge in [-0.05, 0) is 19.3 Å². The van der Waals surface area contributed by atoms with Gasteiger partial charge in [0.25, 0.3) is 0 Å². The van der Waals surface area contributed by atoms with E-state index in [2.05, 4.69) is 25.3 Å². The SMILES string of the molecule is CCCCC(OC(=O)C(S)CCC)OC(=O)C(S)CCC. The third-order valence-corrected chi connectivity index (χ3v) is 3.89. The second kappa shape index (κ2) is 12.2. The normalized spacial score (nSPS) is 15.1. The first-order valence-electron chi connectivity index (χ1n) is 7.73. The minimum atomic E-state index is -0.831. The van der Waals surface area contributed by atoms with Crippen LogP contribution in [0.3, 0.4) is 0 Å². The third kappa shape index (κ3) is 9.30. The van der Waals surface area contributed by atoms with E-state index in [1.807, 2.05) is 20.8 Å². The molecule has 0 fully saturated rings. The average Bonchev–Trinajstić information content (AvgIpc) is 2.44. The highest BCUT2D eigenvalue weighted by Crippen LogP contribution is 2.15. The number of ether oxygens (including phenoxy) is 2. The van der Waals surface area contributed by atoms with Crippen molar-refractivity contribution in [3.05, 3.63) is 0 Å². The zero-order valence-corrected chi connectivity index (χ0v) is 15.0. The standard InChI is InChI=1S/C15H28O4S2/c1-4-7-10-13(18-14(16)11(20)8-5-2)19-15(17)12(21)9-6-3/h11-13,20-21H,4-10H2,1-3H3. The Morgan fingerprint density at radius 1 is 0.810 bits per heavy atom. The maximum absolute atomic E-state index is 11.9. The van der Waals surface area contributed by atoms with Crippen LogP contribution in [0.15, 0.2) is 0 Å². The second-order valence-corrected chi connectivity index (χ2v) is 6.30. The maximum Gasteiger partial charge on any atom is 0.321 e. The predicted molar refractivity (Wildman–Crippen MR) is 90.9 cm³/mol. The van der Waals surface area contributed by atoms with Crippen LogP contribution in [-0.2, 0) is 19.1 Å². The van der Waals surface area contributed by atoms with E-state index in [9.17, 15) is 9.59 Å². The van der Waals surface area contributed by atoms with Gasteiger partial charge in [0.15, 0.2) is 0 Å². The zero-order valence-electron chi connectivity index (χ0n) is 13.2. The molecule has 0 aliphatic heterocycles. The average molecular weight is 337 g/mol. The molecular formula is C15H28O4S2. The molecule has 6 heteroatoms. The lowest BCUT2D eigenvalue weighted by molar-refractivity contribution is -0.188. The molecule has 0 saturated carbocycles. The number of carbonyl (C=O) groups excluding carboxylic acids is 2. The highest BCUT2D eigenvalue weighted by Gasteiger charge is 2.25. The minimum absolute atomic E-state index is 0.430. The van der Waals surface area contributed by atoms with Gasteiger partial charge < -0.3 is 9.47 Å². The number of carbonyl (C=O) groups is 2. The topological polar surface area (TPSA) is 52.6 Å². The van der Waals surface area contributed by atoms with Crippen LogP contribution in [0, 0.1) is 0 Å². The van der Waals surface area contributed by atoms with Gasteiger partial charge in [0.05, 0.1) is 10.5 Å². The Labute approximate surface area is 139 Å². The molecule has 0 bridgehead atoms. The van der Waals surface area contributed by atoms with Gasteiger partial charge in [0.2, 0.25) is 6.29 Å². The van der Waals surface area contributed by atoms with Gasteiger partial charge in [0.1, 0.15) is 0 Å². The van der Waals surface area contributed by atoms with E-state index in [4.69, 9.17) is 9.47 Å². The van der Waals surface area contributed by atoms with E-state index in [1.165, 1.54) is 0 Å². The lowest BCUT2D eigenvalue weighted by Gasteiger charge is -2.21. The summed E-state index contributed by atoms with van der Waals surface area (Å²) >= 11 is 8.41. The minimum Gasteiger partial charge on any atom is -0.424 e. The second-order valence-electron chi connectivity index (χ2n) is 5.05. The molecule has 21 heavy (non-hydrogen) atoms. The molecule has 0 aromatic heterocycles. The van der Waals surface area contributed by atoms with Crippen LogP contribution in [0.4, 0.5) is 0 Å². The van der Waals surface area contributed by atoms with Crippen molar-refractivity contribution >= 4 is 37.2 Å². The molecule has 0 aliphatic rings. The van der Waals surface area contributed by atoms with Gasteiger partial charge in [-0.3, -0.25) is 9.59 Å². The molecule has 0 N–H and O–H groups in total. The highest BCUT2D eigenvalue weighted by molar-refractivity contribution is 7.82. The summed E-state index contributed by atoms with van der Waals surface area (Å²) in [7, 11) is 0. The summed E-state index contributed by atoms with van der Waals surface area (Å²) in [6, 6.07) is 0. The third-order valence-electron chi connectivity index (χ3n) is 2.96. The number of unbranched alkanes of at least 4 members (excludes halogenated alkanes) is 1. The van der Waals surface area contributed by atoms with Crippen LogP contribution in [-0.4, -0.2) is 28.7 Å². The molecule has 0 aromatic rings. The Balaban J connectivity index is 4.50. The fourth-order valence-electron chi connectivity index (χ4n) is 1.71. The zero-order chi connectivity index (χ0) is 16.3. The number of hydrogen-bond acceptors (Lipinski definition) is 6. The Kier molecular flexibility index (Phi) is 12.0. The fourth-order valence-corrected chi connectivity index (χ4v) is 2.35. The summed E-state index contributed by atoms with van der Waals surface area (Å²) in [5, 5.41) is -0.944. The summed E-state index contributed by atoms with van der Waals surface area (Å²) in [5.74, 6) is -0.861. The molecule has 2 unspecified atom stereocenters. The van der Waals surface area contributed by atoms with Crippen LogP contribution in [0.1, 0.15) is 65.7 Å². The van der Waals surface area contributed by atoms with Crippen LogP contribution in [0.5, 0.6) is 0 Å². The van der Waals surface area contributed by atoms with Crippen molar-refractivity contribution in [1.29, 1.82) is 0 Å². The first-order chi connectivity index (χ1) is 9.96. The number of rotatable bonds is 11. The lowest BCUT2D eigenvalue weighted by Crippen LogP contribution is -2.31. The first-order valence-corrected chi connectivity index (χ1v) is 8.76. The van der Waals surface area contributed by atoms with Crippen molar-refractivity contribution in [2.75, 3.05) is 0 Å². The van der Waals surface area contributed by atoms with Gasteiger partial charge in [0, 0.05) is 6.42 Å². The summed E-state index contributed by atoms with van der Waals surface area (Å²) in [5.41, 5.74) is 0. The Morgan fingerprint density at radius 2 is 1.24 bits per heavy atom.